The number of ether oxygens (including phenoxy) is 1. The number of nitrogens with zero attached hydrogens (tertiary/aromatic N) is 3. The van der Waals surface area contributed by atoms with Gasteiger partial charge < -0.3 is 19.9 Å². The lowest BCUT2D eigenvalue weighted by molar-refractivity contribution is 0.199. The maximum Gasteiger partial charge on any atom is 0.218 e. The first-order valence-corrected chi connectivity index (χ1v) is 9.58. The highest BCUT2D eigenvalue weighted by atomic mass is 16.5. The average Bonchev–Trinajstić information content (AvgIpc) is 3.35. The topological polar surface area (TPSA) is 63.5 Å². The van der Waals surface area contributed by atoms with Crippen molar-refractivity contribution in [1.29, 1.82) is 0 Å². The van der Waals surface area contributed by atoms with E-state index in [-0.39, 0.29) is 0 Å². The van der Waals surface area contributed by atoms with Gasteiger partial charge in [0.2, 0.25) is 5.88 Å². The smallest absolute Gasteiger partial charge is 0.218 e. The number of aliphatic imine (C=N–C) groups is 1. The van der Waals surface area contributed by atoms with Crippen LogP contribution in [0.1, 0.15) is 38.2 Å². The molecule has 6 heteroatoms. The number of hydrogen-bond donors (Lipinski definition) is 2. The van der Waals surface area contributed by atoms with Crippen LogP contribution in [0.2, 0.25) is 0 Å². The molecule has 6 nitrogen and oxygen atoms in total. The van der Waals surface area contributed by atoms with Crippen molar-refractivity contribution in [2.75, 3.05) is 13.1 Å². The largest absolute Gasteiger partial charge is 0.474 e. The Morgan fingerprint density at radius 2 is 2.04 bits per heavy atom. The Balaban J connectivity index is 1.57. The molecule has 1 saturated carbocycles. The van der Waals surface area contributed by atoms with E-state index in [0.717, 1.165) is 49.9 Å². The van der Waals surface area contributed by atoms with Crippen LogP contribution in [0.5, 0.6) is 5.88 Å². The van der Waals surface area contributed by atoms with Gasteiger partial charge >= 0.3 is 0 Å². The number of aromatic nitrogens is 2. The van der Waals surface area contributed by atoms with E-state index in [2.05, 4.69) is 39.5 Å². The molecule has 0 atom stereocenters. The van der Waals surface area contributed by atoms with Crippen molar-refractivity contribution < 1.29 is 4.74 Å². The molecule has 1 fully saturated rings. The highest BCUT2D eigenvalue weighted by Crippen LogP contribution is 2.25. The molecule has 140 valence electrons. The van der Waals surface area contributed by atoms with Crippen molar-refractivity contribution in [3.05, 3.63) is 48.4 Å². The highest BCUT2D eigenvalue weighted by Gasteiger charge is 2.18. The van der Waals surface area contributed by atoms with Crippen molar-refractivity contribution in [2.24, 2.45) is 4.99 Å². The van der Waals surface area contributed by atoms with Crippen LogP contribution in [0.3, 0.4) is 0 Å². The van der Waals surface area contributed by atoms with Gasteiger partial charge in [-0.25, -0.2) is 9.98 Å². The first-order chi connectivity index (χ1) is 12.8. The van der Waals surface area contributed by atoms with Crippen molar-refractivity contribution >= 4 is 5.96 Å². The highest BCUT2D eigenvalue weighted by molar-refractivity contribution is 5.79. The van der Waals surface area contributed by atoms with Gasteiger partial charge in [-0.05, 0) is 50.8 Å². The molecule has 1 aliphatic carbocycles. The maximum atomic E-state index is 6.10. The second-order valence-electron chi connectivity index (χ2n) is 6.53. The molecule has 0 radical (unpaired) electrons. The summed E-state index contributed by atoms with van der Waals surface area (Å²) in [5, 5.41) is 6.67. The van der Waals surface area contributed by atoms with Crippen LogP contribution in [0, 0.1) is 0 Å². The summed E-state index contributed by atoms with van der Waals surface area (Å²) in [6.07, 6.45) is 11.0. The molecule has 2 heterocycles. The van der Waals surface area contributed by atoms with Gasteiger partial charge in [0.15, 0.2) is 5.96 Å². The van der Waals surface area contributed by atoms with E-state index < -0.39 is 0 Å². The predicted molar refractivity (Wildman–Crippen MR) is 104 cm³/mol. The Hall–Kier alpha value is -2.50. The molecular formula is C20H29N5O. The van der Waals surface area contributed by atoms with Gasteiger partial charge in [0.1, 0.15) is 6.10 Å². The zero-order valence-electron chi connectivity index (χ0n) is 15.5. The normalized spacial score (nSPS) is 15.2. The van der Waals surface area contributed by atoms with Gasteiger partial charge in [0.05, 0.1) is 6.54 Å². The van der Waals surface area contributed by atoms with Crippen molar-refractivity contribution in [3.63, 3.8) is 0 Å². The molecule has 2 aromatic rings. The van der Waals surface area contributed by atoms with E-state index >= 15 is 0 Å². The molecular weight excluding hydrogens is 326 g/mol. The van der Waals surface area contributed by atoms with Crippen LogP contribution < -0.4 is 15.4 Å². The van der Waals surface area contributed by atoms with Crippen LogP contribution in [0.25, 0.3) is 0 Å². The third kappa shape index (κ3) is 5.51. The summed E-state index contributed by atoms with van der Waals surface area (Å²) >= 11 is 0. The van der Waals surface area contributed by atoms with Crippen molar-refractivity contribution in [3.8, 4) is 5.88 Å². The number of rotatable bonds is 8. The lowest BCUT2D eigenvalue weighted by atomic mass is 10.2. The van der Waals surface area contributed by atoms with Crippen molar-refractivity contribution in [1.82, 2.24) is 20.2 Å². The fourth-order valence-electron chi connectivity index (χ4n) is 3.14. The van der Waals surface area contributed by atoms with Crippen molar-refractivity contribution in [2.45, 2.75) is 51.8 Å². The Morgan fingerprint density at radius 1 is 1.23 bits per heavy atom. The molecule has 0 aromatic carbocycles. The summed E-state index contributed by atoms with van der Waals surface area (Å²) in [5.41, 5.74) is 1.03. The number of nitrogens with one attached hydrogen (secondary N) is 2. The second kappa shape index (κ2) is 9.85. The molecule has 0 saturated heterocycles. The molecule has 2 N–H and O–H groups in total. The minimum Gasteiger partial charge on any atom is -0.474 e. The number of hydrogen-bond acceptors (Lipinski definition) is 3. The minimum absolute atomic E-state index is 0.306. The summed E-state index contributed by atoms with van der Waals surface area (Å²) in [7, 11) is 0. The summed E-state index contributed by atoms with van der Waals surface area (Å²) in [4.78, 5) is 9.13. The zero-order valence-corrected chi connectivity index (χ0v) is 15.5. The van der Waals surface area contributed by atoms with Crippen LogP contribution in [-0.2, 0) is 13.1 Å². The monoisotopic (exact) mass is 355 g/mol. The first-order valence-electron chi connectivity index (χ1n) is 9.58. The van der Waals surface area contributed by atoms with Gasteiger partial charge in [-0.1, -0.05) is 6.07 Å². The third-order valence-electron chi connectivity index (χ3n) is 4.51. The van der Waals surface area contributed by atoms with Crippen LogP contribution in [0.15, 0.2) is 47.8 Å². The molecule has 0 amide bonds. The molecule has 0 spiro atoms. The quantitative estimate of drug-likeness (QED) is 0.564. The molecule has 0 bridgehead atoms. The Morgan fingerprint density at radius 3 is 2.81 bits per heavy atom. The van der Waals surface area contributed by atoms with E-state index in [4.69, 9.17) is 9.73 Å². The number of pyridine rings is 1. The zero-order chi connectivity index (χ0) is 18.0. The van der Waals surface area contributed by atoms with E-state index in [0.29, 0.717) is 12.6 Å². The van der Waals surface area contributed by atoms with Gasteiger partial charge in [-0.3, -0.25) is 0 Å². The fraction of sp³-hybridized carbons (Fsp3) is 0.500. The van der Waals surface area contributed by atoms with E-state index in [1.54, 1.807) is 6.20 Å². The SMILES string of the molecule is CCNC(=NCc1cccnc1OC1CCCC1)NCCn1cccc1. The molecule has 0 unspecified atom stereocenters. The van der Waals surface area contributed by atoms with Gasteiger partial charge in [-0.2, -0.15) is 0 Å². The standard InChI is InChI=1S/C20H29N5O/c1-2-21-20(23-12-15-25-13-5-6-14-25)24-16-17-8-7-11-22-19(17)26-18-9-3-4-10-18/h5-8,11,13-14,18H,2-4,9-10,12,15-16H2,1H3,(H2,21,23,24). The van der Waals surface area contributed by atoms with Gasteiger partial charge in [0.25, 0.3) is 0 Å². The maximum absolute atomic E-state index is 6.10. The predicted octanol–water partition coefficient (Wildman–Crippen LogP) is 2.96. The lowest BCUT2D eigenvalue weighted by Crippen LogP contribution is -2.38. The van der Waals surface area contributed by atoms with Crippen LogP contribution in [-0.4, -0.2) is 34.7 Å². The Kier molecular flexibility index (Phi) is 6.93. The summed E-state index contributed by atoms with van der Waals surface area (Å²) < 4.78 is 8.25. The molecule has 1 aliphatic rings. The Bertz CT molecular complexity index is 677. The van der Waals surface area contributed by atoms with Gasteiger partial charge in [-0.15, -0.1) is 0 Å². The first kappa shape index (κ1) is 18.3. The summed E-state index contributed by atoms with van der Waals surface area (Å²) in [6.45, 7) is 5.17. The second-order valence-corrected chi connectivity index (χ2v) is 6.53. The van der Waals surface area contributed by atoms with E-state index in [1.807, 2.05) is 24.3 Å². The summed E-state index contributed by atoms with van der Waals surface area (Å²) in [5.74, 6) is 1.54. The number of guanidine groups is 1. The lowest BCUT2D eigenvalue weighted by Gasteiger charge is -2.15. The average molecular weight is 355 g/mol. The minimum atomic E-state index is 0.306. The molecule has 26 heavy (non-hydrogen) atoms. The summed E-state index contributed by atoms with van der Waals surface area (Å²) in [6, 6.07) is 8.06. The molecule has 0 aliphatic heterocycles. The van der Waals surface area contributed by atoms with E-state index in [1.165, 1.54) is 12.8 Å². The Labute approximate surface area is 155 Å². The molecule has 2 aromatic heterocycles. The fourth-order valence-corrected chi connectivity index (χ4v) is 3.14. The van der Waals surface area contributed by atoms with E-state index in [9.17, 15) is 0 Å². The molecule has 3 rings (SSSR count). The van der Waals surface area contributed by atoms with Crippen LogP contribution in [0.4, 0.5) is 0 Å². The van der Waals surface area contributed by atoms with Crippen LogP contribution >= 0.6 is 0 Å². The third-order valence-corrected chi connectivity index (χ3v) is 4.51. The van der Waals surface area contributed by atoms with Gasteiger partial charge in [0, 0.05) is 43.8 Å².